The van der Waals surface area contributed by atoms with Crippen molar-refractivity contribution < 1.29 is 14.3 Å². The molecule has 2 aliphatic heterocycles. The maximum Gasteiger partial charge on any atom is 0.309 e. The molecule has 0 amide bonds. The number of pyridine rings is 1. The third kappa shape index (κ3) is 2.69. The zero-order valence-corrected chi connectivity index (χ0v) is 13.4. The average molecular weight is 313 g/mol. The molecule has 0 spiro atoms. The van der Waals surface area contributed by atoms with Gasteiger partial charge >= 0.3 is 5.97 Å². The summed E-state index contributed by atoms with van der Waals surface area (Å²) >= 11 is 0. The van der Waals surface area contributed by atoms with Crippen LogP contribution in [0.15, 0.2) is 30.5 Å². The largest absolute Gasteiger partial charge is 0.462 e. The smallest absolute Gasteiger partial charge is 0.309 e. The van der Waals surface area contributed by atoms with Crippen molar-refractivity contribution in [2.24, 2.45) is 29.6 Å². The van der Waals surface area contributed by atoms with E-state index < -0.39 is 0 Å². The van der Waals surface area contributed by atoms with Crippen molar-refractivity contribution >= 4 is 12.0 Å². The first-order valence-corrected chi connectivity index (χ1v) is 8.61. The van der Waals surface area contributed by atoms with Gasteiger partial charge in [0.25, 0.3) is 0 Å². The fraction of sp³-hybridized carbons (Fsp3) is 0.579. The summed E-state index contributed by atoms with van der Waals surface area (Å²) in [6.45, 7) is 3.66. The van der Waals surface area contributed by atoms with Crippen LogP contribution in [0, 0.1) is 29.6 Å². The summed E-state index contributed by atoms with van der Waals surface area (Å²) < 4.78 is 11.2. The summed E-state index contributed by atoms with van der Waals surface area (Å²) in [5, 5.41) is 0. The van der Waals surface area contributed by atoms with Crippen molar-refractivity contribution in [3.8, 4) is 0 Å². The lowest BCUT2D eigenvalue weighted by Gasteiger charge is -2.45. The van der Waals surface area contributed by atoms with Crippen LogP contribution in [-0.2, 0) is 14.3 Å². The van der Waals surface area contributed by atoms with Gasteiger partial charge in [-0.2, -0.15) is 0 Å². The van der Waals surface area contributed by atoms with Gasteiger partial charge in [-0.25, -0.2) is 0 Å². The molecule has 0 N–H and O–H groups in total. The molecule has 4 heteroatoms. The first-order chi connectivity index (χ1) is 11.2. The highest BCUT2D eigenvalue weighted by atomic mass is 16.6. The van der Waals surface area contributed by atoms with E-state index in [1.165, 1.54) is 0 Å². The molecule has 3 aliphatic rings. The van der Waals surface area contributed by atoms with Gasteiger partial charge < -0.3 is 9.47 Å². The Morgan fingerprint density at radius 3 is 3.09 bits per heavy atom. The molecule has 0 aromatic carbocycles. The summed E-state index contributed by atoms with van der Waals surface area (Å²) in [5.41, 5.74) is 0.969. The van der Waals surface area contributed by atoms with Crippen LogP contribution in [0.2, 0.25) is 0 Å². The molecule has 3 fully saturated rings. The van der Waals surface area contributed by atoms with Crippen LogP contribution in [0.25, 0.3) is 6.08 Å². The molecule has 0 radical (unpaired) electrons. The van der Waals surface area contributed by atoms with Gasteiger partial charge in [0, 0.05) is 25.3 Å². The van der Waals surface area contributed by atoms with Gasteiger partial charge in [0.2, 0.25) is 0 Å². The number of carbonyl (C=O) groups excluding carboxylic acids is 1. The monoisotopic (exact) mass is 313 g/mol. The fourth-order valence-electron chi connectivity index (χ4n) is 4.80. The van der Waals surface area contributed by atoms with Crippen LogP contribution in [0.3, 0.4) is 0 Å². The van der Waals surface area contributed by atoms with Crippen molar-refractivity contribution in [2.45, 2.75) is 25.9 Å². The first kappa shape index (κ1) is 14.9. The minimum atomic E-state index is -0.0113. The Hall–Kier alpha value is -1.68. The second kappa shape index (κ2) is 6.08. The number of hydrogen-bond acceptors (Lipinski definition) is 4. The molecular formula is C19H23NO3. The van der Waals surface area contributed by atoms with E-state index in [2.05, 4.69) is 17.1 Å². The normalized spacial score (nSPS) is 39.8. The van der Waals surface area contributed by atoms with Crippen LogP contribution in [0.5, 0.6) is 0 Å². The Bertz CT molecular complexity index is 600. The Balaban J connectivity index is 1.64. The zero-order chi connectivity index (χ0) is 15.8. The molecular weight excluding hydrogens is 290 g/mol. The van der Waals surface area contributed by atoms with E-state index in [0.717, 1.165) is 31.7 Å². The second-order valence-electron chi connectivity index (χ2n) is 7.04. The predicted molar refractivity (Wildman–Crippen MR) is 86.3 cm³/mol. The summed E-state index contributed by atoms with van der Waals surface area (Å²) in [4.78, 5) is 16.6. The lowest BCUT2D eigenvalue weighted by molar-refractivity contribution is -0.144. The topological polar surface area (TPSA) is 48.4 Å². The van der Waals surface area contributed by atoms with E-state index in [0.29, 0.717) is 23.7 Å². The number of rotatable bonds is 2. The first-order valence-electron chi connectivity index (χ1n) is 8.61. The number of aromatic nitrogens is 1. The van der Waals surface area contributed by atoms with Gasteiger partial charge in [-0.05, 0) is 55.7 Å². The average Bonchev–Trinajstić information content (AvgIpc) is 2.87. The Morgan fingerprint density at radius 2 is 2.26 bits per heavy atom. The third-order valence-electron chi connectivity index (χ3n) is 5.82. The lowest BCUT2D eigenvalue weighted by Crippen LogP contribution is -2.45. The van der Waals surface area contributed by atoms with E-state index in [4.69, 9.17) is 9.47 Å². The molecule has 0 bridgehead atoms. The van der Waals surface area contributed by atoms with Gasteiger partial charge in [-0.3, -0.25) is 9.78 Å². The number of fused-ring (bicyclic) bond motifs is 2. The molecule has 23 heavy (non-hydrogen) atoms. The van der Waals surface area contributed by atoms with E-state index in [9.17, 15) is 4.79 Å². The number of hydrogen-bond donors (Lipinski definition) is 0. The predicted octanol–water partition coefficient (Wildman–Crippen LogP) is 2.95. The van der Waals surface area contributed by atoms with Crippen LogP contribution in [0.1, 0.15) is 25.5 Å². The van der Waals surface area contributed by atoms with Crippen molar-refractivity contribution in [3.05, 3.63) is 36.2 Å². The van der Waals surface area contributed by atoms with E-state index in [-0.39, 0.29) is 18.0 Å². The number of cyclic esters (lactones) is 1. The standard InChI is InChI=1S/C19H23NO3/c1-12-18-16(6-5-14-4-2-3-8-20-14)15-7-9-22-11-13(15)10-17(18)19(21)23-12/h2-6,8,12-13,15-18H,7,9-11H2,1H3/b6-5+/t12-,13-,15-,16+,17-,18+/m1/s1. The third-order valence-corrected chi connectivity index (χ3v) is 5.82. The van der Waals surface area contributed by atoms with E-state index in [1.54, 1.807) is 0 Å². The molecule has 1 aromatic rings. The second-order valence-corrected chi connectivity index (χ2v) is 7.04. The van der Waals surface area contributed by atoms with Gasteiger partial charge in [0.15, 0.2) is 0 Å². The molecule has 1 aliphatic carbocycles. The fourth-order valence-corrected chi connectivity index (χ4v) is 4.80. The van der Waals surface area contributed by atoms with Gasteiger partial charge in [0.05, 0.1) is 11.6 Å². The Morgan fingerprint density at radius 1 is 1.35 bits per heavy atom. The van der Waals surface area contributed by atoms with Gasteiger partial charge in [-0.1, -0.05) is 12.1 Å². The number of carbonyl (C=O) groups is 1. The van der Waals surface area contributed by atoms with E-state index >= 15 is 0 Å². The quantitative estimate of drug-likeness (QED) is 0.788. The Kier molecular flexibility index (Phi) is 3.93. The van der Waals surface area contributed by atoms with Crippen molar-refractivity contribution in [1.29, 1.82) is 0 Å². The zero-order valence-electron chi connectivity index (χ0n) is 13.4. The van der Waals surface area contributed by atoms with Crippen LogP contribution in [-0.4, -0.2) is 30.3 Å². The highest BCUT2D eigenvalue weighted by Crippen LogP contribution is 2.51. The van der Waals surface area contributed by atoms with Gasteiger partial charge in [0.1, 0.15) is 6.10 Å². The number of esters is 1. The van der Waals surface area contributed by atoms with Crippen molar-refractivity contribution in [1.82, 2.24) is 4.98 Å². The molecule has 122 valence electrons. The summed E-state index contributed by atoms with van der Waals surface area (Å²) in [6, 6.07) is 5.93. The molecule has 1 saturated carbocycles. The molecule has 6 atom stereocenters. The minimum absolute atomic E-state index is 0.00896. The molecule has 1 aromatic heterocycles. The molecule has 0 unspecified atom stereocenters. The molecule has 2 saturated heterocycles. The summed E-state index contributed by atoms with van der Waals surface area (Å²) in [5.74, 6) is 1.74. The van der Waals surface area contributed by atoms with Crippen molar-refractivity contribution in [2.75, 3.05) is 13.2 Å². The Labute approximate surface area is 136 Å². The van der Waals surface area contributed by atoms with Crippen LogP contribution < -0.4 is 0 Å². The number of ether oxygens (including phenoxy) is 2. The van der Waals surface area contributed by atoms with E-state index in [1.807, 2.05) is 31.3 Å². The SMILES string of the molecule is C[C@H]1OC(=O)[C@@H]2C[C@@H]3COCC[C@H]3[C@H](/C=C/c3ccccn3)[C@H]12. The summed E-state index contributed by atoms with van der Waals surface area (Å²) in [6.07, 6.45) is 8.20. The lowest BCUT2D eigenvalue weighted by atomic mass is 9.60. The van der Waals surface area contributed by atoms with Gasteiger partial charge in [-0.15, -0.1) is 0 Å². The van der Waals surface area contributed by atoms with Crippen molar-refractivity contribution in [3.63, 3.8) is 0 Å². The highest BCUT2D eigenvalue weighted by molar-refractivity contribution is 5.75. The summed E-state index contributed by atoms with van der Waals surface area (Å²) in [7, 11) is 0. The minimum Gasteiger partial charge on any atom is -0.462 e. The maximum absolute atomic E-state index is 12.2. The molecule has 3 heterocycles. The molecule has 4 nitrogen and oxygen atoms in total. The van der Waals surface area contributed by atoms with Crippen LogP contribution in [0.4, 0.5) is 0 Å². The highest BCUT2D eigenvalue weighted by Gasteiger charge is 2.53. The molecule has 4 rings (SSSR count). The number of nitrogens with zero attached hydrogens (tertiary/aromatic N) is 1. The number of allylic oxidation sites excluding steroid dienone is 1. The van der Waals surface area contributed by atoms with Crippen LogP contribution >= 0.6 is 0 Å². The maximum atomic E-state index is 12.2.